The van der Waals surface area contributed by atoms with Crippen LogP contribution in [0.3, 0.4) is 0 Å². The van der Waals surface area contributed by atoms with Gasteiger partial charge in [0, 0.05) is 37.5 Å². The summed E-state index contributed by atoms with van der Waals surface area (Å²) in [6.07, 6.45) is 8.48. The van der Waals surface area contributed by atoms with Crippen LogP contribution in [0.2, 0.25) is 0 Å². The zero-order chi connectivity index (χ0) is 16.0. The Kier molecular flexibility index (Phi) is 8.28. The van der Waals surface area contributed by atoms with E-state index in [0.29, 0.717) is 5.91 Å². The highest BCUT2D eigenvalue weighted by Crippen LogP contribution is 2.37. The van der Waals surface area contributed by atoms with Gasteiger partial charge < -0.3 is 15.4 Å². The number of amides is 1. The quantitative estimate of drug-likeness (QED) is 0.786. The van der Waals surface area contributed by atoms with Crippen LogP contribution >= 0.6 is 12.4 Å². The number of halogens is 1. The van der Waals surface area contributed by atoms with E-state index < -0.39 is 0 Å². The molecular weight excluding hydrogens is 326 g/mol. The maximum Gasteiger partial charge on any atom is 0.223 e. The molecule has 2 heterocycles. The molecule has 1 aliphatic carbocycles. The molecule has 2 N–H and O–H groups in total. The summed E-state index contributed by atoms with van der Waals surface area (Å²) in [4.78, 5) is 15.0. The van der Waals surface area contributed by atoms with Crippen molar-refractivity contribution in [3.05, 3.63) is 0 Å². The molecule has 0 aromatic heterocycles. The molecule has 0 aromatic rings. The van der Waals surface area contributed by atoms with Crippen LogP contribution in [-0.4, -0.2) is 63.3 Å². The molecular formula is C18H34ClN3O2. The molecule has 6 heteroatoms. The molecule has 2 aliphatic heterocycles. The Morgan fingerprint density at radius 3 is 2.46 bits per heavy atom. The highest BCUT2D eigenvalue weighted by Gasteiger charge is 2.35. The van der Waals surface area contributed by atoms with Gasteiger partial charge in [-0.3, -0.25) is 9.69 Å². The lowest BCUT2D eigenvalue weighted by Crippen LogP contribution is -2.50. The number of hydrogen-bond donors (Lipinski definition) is 2. The number of nitrogens with zero attached hydrogens (tertiary/aromatic N) is 1. The summed E-state index contributed by atoms with van der Waals surface area (Å²) in [5.74, 6) is 0.513. The van der Waals surface area contributed by atoms with Crippen molar-refractivity contribution in [3.63, 3.8) is 0 Å². The second kappa shape index (κ2) is 9.95. The van der Waals surface area contributed by atoms with E-state index in [1.54, 1.807) is 0 Å². The van der Waals surface area contributed by atoms with Gasteiger partial charge in [0.15, 0.2) is 0 Å². The fourth-order valence-electron chi connectivity index (χ4n) is 4.43. The summed E-state index contributed by atoms with van der Waals surface area (Å²) in [5, 5.41) is 6.67. The number of ether oxygens (including phenoxy) is 1. The number of hydrogen-bond acceptors (Lipinski definition) is 4. The van der Waals surface area contributed by atoms with Gasteiger partial charge in [-0.1, -0.05) is 19.3 Å². The minimum atomic E-state index is 0. The highest BCUT2D eigenvalue weighted by atomic mass is 35.5. The average Bonchev–Trinajstić information content (AvgIpc) is 2.62. The predicted molar refractivity (Wildman–Crippen MR) is 98.6 cm³/mol. The number of nitrogens with one attached hydrogen (secondary N) is 2. The van der Waals surface area contributed by atoms with Crippen molar-refractivity contribution in [2.75, 3.05) is 52.5 Å². The topological polar surface area (TPSA) is 53.6 Å². The van der Waals surface area contributed by atoms with Gasteiger partial charge in [-0.2, -0.15) is 0 Å². The summed E-state index contributed by atoms with van der Waals surface area (Å²) in [6.45, 7) is 7.77. The second-order valence-electron chi connectivity index (χ2n) is 7.69. The van der Waals surface area contributed by atoms with Crippen LogP contribution in [0.5, 0.6) is 0 Å². The van der Waals surface area contributed by atoms with Crippen molar-refractivity contribution in [3.8, 4) is 0 Å². The number of carbonyl (C=O) groups excluding carboxylic acids is 1. The summed E-state index contributed by atoms with van der Waals surface area (Å²) in [6, 6.07) is 0. The number of morpholine rings is 1. The molecule has 3 rings (SSSR count). The third kappa shape index (κ3) is 5.58. The molecule has 0 radical (unpaired) electrons. The Balaban J connectivity index is 0.00000208. The van der Waals surface area contributed by atoms with Crippen LogP contribution in [0, 0.1) is 11.3 Å². The van der Waals surface area contributed by atoms with Crippen molar-refractivity contribution < 1.29 is 9.53 Å². The van der Waals surface area contributed by atoms with Crippen LogP contribution < -0.4 is 10.6 Å². The van der Waals surface area contributed by atoms with Gasteiger partial charge in [0.05, 0.1) is 13.2 Å². The zero-order valence-corrected chi connectivity index (χ0v) is 15.7. The van der Waals surface area contributed by atoms with E-state index in [2.05, 4.69) is 15.5 Å². The van der Waals surface area contributed by atoms with Crippen LogP contribution in [0.1, 0.15) is 44.9 Å². The Morgan fingerprint density at radius 2 is 1.79 bits per heavy atom. The maximum atomic E-state index is 12.5. The van der Waals surface area contributed by atoms with Gasteiger partial charge in [0.2, 0.25) is 5.91 Å². The van der Waals surface area contributed by atoms with E-state index in [9.17, 15) is 4.79 Å². The summed E-state index contributed by atoms with van der Waals surface area (Å²) in [7, 11) is 0. The number of rotatable bonds is 5. The van der Waals surface area contributed by atoms with Gasteiger partial charge in [0.1, 0.15) is 0 Å². The molecule has 5 nitrogen and oxygen atoms in total. The van der Waals surface area contributed by atoms with Gasteiger partial charge in [-0.05, 0) is 38.8 Å². The Morgan fingerprint density at radius 1 is 1.12 bits per heavy atom. The third-order valence-electron chi connectivity index (χ3n) is 5.92. The Hall–Kier alpha value is -0.360. The molecule has 0 aromatic carbocycles. The zero-order valence-electron chi connectivity index (χ0n) is 14.9. The molecule has 3 aliphatic rings. The van der Waals surface area contributed by atoms with Gasteiger partial charge in [-0.25, -0.2) is 0 Å². The molecule has 0 atom stereocenters. The van der Waals surface area contributed by atoms with Crippen molar-refractivity contribution in [1.29, 1.82) is 0 Å². The lowest BCUT2D eigenvalue weighted by Gasteiger charge is -2.42. The Bertz CT molecular complexity index is 376. The molecule has 0 unspecified atom stereocenters. The van der Waals surface area contributed by atoms with Crippen LogP contribution in [-0.2, 0) is 9.53 Å². The van der Waals surface area contributed by atoms with Crippen molar-refractivity contribution in [1.82, 2.24) is 15.5 Å². The average molecular weight is 360 g/mol. The van der Waals surface area contributed by atoms with E-state index in [1.807, 2.05) is 0 Å². The minimum Gasteiger partial charge on any atom is -0.379 e. The van der Waals surface area contributed by atoms with Crippen LogP contribution in [0.15, 0.2) is 0 Å². The monoisotopic (exact) mass is 359 g/mol. The largest absolute Gasteiger partial charge is 0.379 e. The smallest absolute Gasteiger partial charge is 0.223 e. The van der Waals surface area contributed by atoms with E-state index in [4.69, 9.17) is 4.74 Å². The normalized spacial score (nSPS) is 25.7. The van der Waals surface area contributed by atoms with Crippen LogP contribution in [0.4, 0.5) is 0 Å². The lowest BCUT2D eigenvalue weighted by atomic mass is 9.73. The van der Waals surface area contributed by atoms with Crippen LogP contribution in [0.25, 0.3) is 0 Å². The molecule has 0 spiro atoms. The summed E-state index contributed by atoms with van der Waals surface area (Å²) < 4.78 is 5.48. The first-order valence-corrected chi connectivity index (χ1v) is 9.56. The second-order valence-corrected chi connectivity index (χ2v) is 7.69. The SMILES string of the molecule is Cl.O=C(NCC1(CN2CCOCC2)CCCCC1)C1CCNCC1. The number of piperidine rings is 1. The van der Waals surface area contributed by atoms with E-state index >= 15 is 0 Å². The molecule has 140 valence electrons. The third-order valence-corrected chi connectivity index (χ3v) is 5.92. The van der Waals surface area contributed by atoms with Crippen molar-refractivity contribution >= 4 is 18.3 Å². The number of carbonyl (C=O) groups is 1. The van der Waals surface area contributed by atoms with E-state index in [1.165, 1.54) is 32.1 Å². The molecule has 0 bridgehead atoms. The highest BCUT2D eigenvalue weighted by molar-refractivity contribution is 5.85. The van der Waals surface area contributed by atoms with Gasteiger partial charge >= 0.3 is 0 Å². The first-order chi connectivity index (χ1) is 11.3. The summed E-state index contributed by atoms with van der Waals surface area (Å²) in [5.41, 5.74) is 0.290. The Labute approximate surface area is 152 Å². The molecule has 24 heavy (non-hydrogen) atoms. The maximum absolute atomic E-state index is 12.5. The molecule has 2 saturated heterocycles. The van der Waals surface area contributed by atoms with E-state index in [-0.39, 0.29) is 23.7 Å². The fraction of sp³-hybridized carbons (Fsp3) is 0.944. The van der Waals surface area contributed by atoms with Crippen molar-refractivity contribution in [2.24, 2.45) is 11.3 Å². The van der Waals surface area contributed by atoms with E-state index in [0.717, 1.165) is 65.3 Å². The van der Waals surface area contributed by atoms with Crippen molar-refractivity contribution in [2.45, 2.75) is 44.9 Å². The molecule has 1 saturated carbocycles. The van der Waals surface area contributed by atoms with Gasteiger partial charge in [-0.15, -0.1) is 12.4 Å². The fourth-order valence-corrected chi connectivity index (χ4v) is 4.43. The minimum absolute atomic E-state index is 0. The summed E-state index contributed by atoms with van der Waals surface area (Å²) >= 11 is 0. The van der Waals surface area contributed by atoms with Gasteiger partial charge in [0.25, 0.3) is 0 Å². The molecule has 1 amide bonds. The standard InChI is InChI=1S/C18H33N3O2.ClH/c22-17(16-4-8-19-9-5-16)20-14-18(6-2-1-3-7-18)15-21-10-12-23-13-11-21;/h16,19H,1-15H2,(H,20,22);1H. The lowest BCUT2D eigenvalue weighted by molar-refractivity contribution is -0.126. The molecule has 3 fully saturated rings. The predicted octanol–water partition coefficient (Wildman–Crippen LogP) is 1.81. The first-order valence-electron chi connectivity index (χ1n) is 9.56. The first kappa shape index (κ1) is 20.0.